The summed E-state index contributed by atoms with van der Waals surface area (Å²) in [6.45, 7) is 4.55. The molecule has 0 saturated heterocycles. The van der Waals surface area contributed by atoms with Gasteiger partial charge in [0.15, 0.2) is 12.4 Å². The zero-order chi connectivity index (χ0) is 59.1. The number of carbonyl (C=O) groups excluding carboxylic acids is 3. The lowest BCUT2D eigenvalue weighted by atomic mass is 10.0. The summed E-state index contributed by atoms with van der Waals surface area (Å²) in [7, 11) is 5.90. The third-order valence-corrected chi connectivity index (χ3v) is 13.4. The number of unbranched alkanes of at least 4 members (excludes halogenated alkanes) is 21. The van der Waals surface area contributed by atoms with Gasteiger partial charge in [0.1, 0.15) is 13.2 Å². The van der Waals surface area contributed by atoms with Gasteiger partial charge in [-0.1, -0.05) is 257 Å². The second-order valence-electron chi connectivity index (χ2n) is 22.3. The summed E-state index contributed by atoms with van der Waals surface area (Å²) in [5.74, 6) is -2.37. The Labute approximate surface area is 497 Å². The fraction of sp³-hybridized carbons (Fsp3) is 0.653. The first kappa shape index (κ1) is 76.4. The topological polar surface area (TPSA) is 111 Å². The molecule has 0 aliphatic carbocycles. The SMILES string of the molecule is CC/C=C\C/C=C\C/C=C\C/C=C\C/C=C\C/C=C\C/C=C\C/C=C\C/C=C\CCCC(=O)OC(COC(=O)CCCCCCCCCCCCCCCCC/C=C\C/C=C\CCCCCCC)COC(OCC[N+](C)(C)C)C(=O)[O-]. The molecule has 0 rings (SSSR count). The number of hydrogen-bond acceptors (Lipinski definition) is 8. The van der Waals surface area contributed by atoms with Gasteiger partial charge in [0.05, 0.1) is 40.3 Å². The number of rotatable bonds is 58. The van der Waals surface area contributed by atoms with Crippen molar-refractivity contribution in [1.29, 1.82) is 0 Å². The number of nitrogens with zero attached hydrogens (tertiary/aromatic N) is 1. The van der Waals surface area contributed by atoms with E-state index in [0.717, 1.165) is 83.5 Å². The van der Waals surface area contributed by atoms with E-state index in [-0.39, 0.29) is 38.6 Å². The van der Waals surface area contributed by atoms with Crippen LogP contribution in [0.15, 0.2) is 134 Å². The Balaban J connectivity index is 4.31. The Hall–Kier alpha value is -4.57. The average Bonchev–Trinajstić information content (AvgIpc) is 3.44. The summed E-state index contributed by atoms with van der Waals surface area (Å²) < 4.78 is 22.7. The van der Waals surface area contributed by atoms with E-state index in [1.165, 1.54) is 122 Å². The van der Waals surface area contributed by atoms with Crippen molar-refractivity contribution in [2.45, 2.75) is 257 Å². The molecule has 2 atom stereocenters. The van der Waals surface area contributed by atoms with Crippen LogP contribution in [-0.4, -0.2) is 82.3 Å². The molecule has 0 aromatic carbocycles. The molecule has 2 unspecified atom stereocenters. The highest BCUT2D eigenvalue weighted by atomic mass is 16.7. The van der Waals surface area contributed by atoms with Crippen LogP contribution in [0, 0.1) is 0 Å². The lowest BCUT2D eigenvalue weighted by Gasteiger charge is -2.26. The molecule has 9 nitrogen and oxygen atoms in total. The monoisotopic (exact) mass is 1130 g/mol. The van der Waals surface area contributed by atoms with Crippen LogP contribution in [0.4, 0.5) is 0 Å². The third kappa shape index (κ3) is 62.9. The van der Waals surface area contributed by atoms with Crippen LogP contribution < -0.4 is 5.11 Å². The van der Waals surface area contributed by atoms with Crippen molar-refractivity contribution in [2.24, 2.45) is 0 Å². The van der Waals surface area contributed by atoms with Crippen molar-refractivity contribution in [3.05, 3.63) is 134 Å². The van der Waals surface area contributed by atoms with E-state index in [0.29, 0.717) is 23.9 Å². The Bertz CT molecular complexity index is 1790. The Morgan fingerprint density at radius 2 is 0.716 bits per heavy atom. The largest absolute Gasteiger partial charge is 0.545 e. The van der Waals surface area contributed by atoms with Crippen LogP contribution in [0.3, 0.4) is 0 Å². The molecule has 0 N–H and O–H groups in total. The van der Waals surface area contributed by atoms with E-state index in [9.17, 15) is 19.5 Å². The highest BCUT2D eigenvalue weighted by Gasteiger charge is 2.22. The fourth-order valence-electron chi connectivity index (χ4n) is 8.45. The number of quaternary nitrogens is 1. The van der Waals surface area contributed by atoms with Crippen LogP contribution >= 0.6 is 0 Å². The number of carboxylic acid groups (broad SMARTS) is 1. The van der Waals surface area contributed by atoms with E-state index >= 15 is 0 Å². The lowest BCUT2D eigenvalue weighted by Crippen LogP contribution is -2.44. The maximum atomic E-state index is 12.9. The van der Waals surface area contributed by atoms with Crippen LogP contribution in [0.5, 0.6) is 0 Å². The summed E-state index contributed by atoms with van der Waals surface area (Å²) >= 11 is 0. The highest BCUT2D eigenvalue weighted by Crippen LogP contribution is 2.15. The first-order chi connectivity index (χ1) is 39.6. The second kappa shape index (κ2) is 61.5. The molecule has 81 heavy (non-hydrogen) atoms. The quantitative estimate of drug-likeness (QED) is 0.0195. The van der Waals surface area contributed by atoms with Crippen molar-refractivity contribution in [3.8, 4) is 0 Å². The van der Waals surface area contributed by atoms with Crippen molar-refractivity contribution in [3.63, 3.8) is 0 Å². The van der Waals surface area contributed by atoms with Crippen LogP contribution in [0.2, 0.25) is 0 Å². The predicted molar refractivity (Wildman–Crippen MR) is 343 cm³/mol. The fourth-order valence-corrected chi connectivity index (χ4v) is 8.45. The second-order valence-corrected chi connectivity index (χ2v) is 22.3. The lowest BCUT2D eigenvalue weighted by molar-refractivity contribution is -0.870. The summed E-state index contributed by atoms with van der Waals surface area (Å²) in [5.41, 5.74) is 0. The Kier molecular flexibility index (Phi) is 58.0. The number of aliphatic carboxylic acids is 1. The number of ether oxygens (including phenoxy) is 4. The van der Waals surface area contributed by atoms with E-state index in [2.05, 4.69) is 148 Å². The van der Waals surface area contributed by atoms with Gasteiger partial charge in [0.2, 0.25) is 0 Å². The van der Waals surface area contributed by atoms with E-state index in [4.69, 9.17) is 18.9 Å². The molecule has 0 amide bonds. The average molecular weight is 1130 g/mol. The van der Waals surface area contributed by atoms with E-state index in [1.54, 1.807) is 0 Å². The molecule has 0 aliphatic heterocycles. The molecule has 9 heteroatoms. The first-order valence-corrected chi connectivity index (χ1v) is 32.3. The minimum atomic E-state index is -1.65. The smallest absolute Gasteiger partial charge is 0.306 e. The van der Waals surface area contributed by atoms with Gasteiger partial charge in [-0.05, 0) is 109 Å². The molecule has 0 aromatic rings. The molecule has 0 aromatic heterocycles. The summed E-state index contributed by atoms with van der Waals surface area (Å²) in [6, 6.07) is 0. The van der Waals surface area contributed by atoms with Gasteiger partial charge < -0.3 is 33.3 Å². The highest BCUT2D eigenvalue weighted by molar-refractivity contribution is 5.70. The first-order valence-electron chi connectivity index (χ1n) is 32.3. The maximum absolute atomic E-state index is 12.9. The standard InChI is InChI=1S/C72H119NO8/c1-6-8-10-12-14-16-18-20-22-24-26-28-30-32-34-35-37-39-41-43-45-47-49-51-53-55-57-59-61-63-70(75)81-68(67-80-72(71(76)77)78-65-64-73(3,4)5)66-79-69(74)62-60-58-56-54-52-50-48-46-44-42-40-38-36-33-31-29-27-25-23-21-19-17-15-13-11-9-7-2/h8,10,14,16,19-22,25-28,32,34,37,39,43,45,49,51,55,57,68,72H,6-7,9,11-13,15,17-18,23-24,29-31,33,35-36,38,40-42,44,46-48,50,52-54,56,58-67H2,1-5H3/b10-8-,16-14-,21-19-,22-20-,27-25-,28-26-,34-32-,39-37-,45-43-,51-49-,57-55-. The zero-order valence-corrected chi connectivity index (χ0v) is 52.4. The molecule has 460 valence electrons. The molecule has 0 spiro atoms. The molecule has 0 bridgehead atoms. The zero-order valence-electron chi connectivity index (χ0n) is 52.4. The van der Waals surface area contributed by atoms with Gasteiger partial charge in [-0.2, -0.15) is 0 Å². The van der Waals surface area contributed by atoms with Crippen LogP contribution in [0.1, 0.15) is 245 Å². The molecule has 0 heterocycles. The van der Waals surface area contributed by atoms with Crippen molar-refractivity contribution < 1.29 is 42.9 Å². The van der Waals surface area contributed by atoms with Gasteiger partial charge in [0, 0.05) is 12.8 Å². The normalized spacial score (nSPS) is 13.6. The number of allylic oxidation sites excluding steroid dienone is 22. The minimum Gasteiger partial charge on any atom is -0.545 e. The van der Waals surface area contributed by atoms with Gasteiger partial charge in [-0.3, -0.25) is 9.59 Å². The predicted octanol–water partition coefficient (Wildman–Crippen LogP) is 18.5. The van der Waals surface area contributed by atoms with Crippen molar-refractivity contribution in [1.82, 2.24) is 0 Å². The van der Waals surface area contributed by atoms with Crippen LogP contribution in [-0.2, 0) is 33.3 Å². The number of carbonyl (C=O) groups is 3. The number of likely N-dealkylation sites (N-methyl/N-ethyl adjacent to an activating group) is 1. The van der Waals surface area contributed by atoms with Gasteiger partial charge in [-0.15, -0.1) is 0 Å². The molecule has 0 radical (unpaired) electrons. The van der Waals surface area contributed by atoms with Crippen molar-refractivity contribution >= 4 is 17.9 Å². The van der Waals surface area contributed by atoms with Crippen LogP contribution in [0.25, 0.3) is 0 Å². The van der Waals surface area contributed by atoms with E-state index < -0.39 is 24.3 Å². The third-order valence-electron chi connectivity index (χ3n) is 13.4. The molecule has 0 saturated carbocycles. The van der Waals surface area contributed by atoms with Gasteiger partial charge in [0.25, 0.3) is 0 Å². The van der Waals surface area contributed by atoms with Gasteiger partial charge >= 0.3 is 11.9 Å². The minimum absolute atomic E-state index is 0.130. The summed E-state index contributed by atoms with van der Waals surface area (Å²) in [5, 5.41) is 11.8. The molecule has 0 fully saturated rings. The van der Waals surface area contributed by atoms with Crippen molar-refractivity contribution in [2.75, 3.05) is 47.5 Å². The summed E-state index contributed by atoms with van der Waals surface area (Å²) in [6.07, 6.45) is 85.2. The Morgan fingerprint density at radius 1 is 0.383 bits per heavy atom. The number of esters is 2. The molecule has 0 aliphatic rings. The van der Waals surface area contributed by atoms with Gasteiger partial charge in [-0.25, -0.2) is 0 Å². The maximum Gasteiger partial charge on any atom is 0.306 e. The molecular formula is C72H119NO8. The number of hydrogen-bond donors (Lipinski definition) is 0. The van der Waals surface area contributed by atoms with E-state index in [1.807, 2.05) is 21.1 Å². The molecular weight excluding hydrogens is 1010 g/mol. The number of carboxylic acids is 1. The summed E-state index contributed by atoms with van der Waals surface area (Å²) in [4.78, 5) is 37.4. The Morgan fingerprint density at radius 3 is 1.09 bits per heavy atom.